The van der Waals surface area contributed by atoms with Crippen molar-refractivity contribution in [1.82, 2.24) is 15.5 Å². The van der Waals surface area contributed by atoms with Crippen LogP contribution in [0.25, 0.3) is 22.6 Å². The van der Waals surface area contributed by atoms with E-state index in [9.17, 15) is 13.6 Å². The molecule has 9 heteroatoms. The van der Waals surface area contributed by atoms with E-state index in [1.807, 2.05) is 0 Å². The highest BCUT2D eigenvalue weighted by molar-refractivity contribution is 6.06. The maximum atomic E-state index is 12.9. The quantitative estimate of drug-likeness (QED) is 0.519. The summed E-state index contributed by atoms with van der Waals surface area (Å²) in [6, 6.07) is 11.2. The second kappa shape index (κ2) is 7.70. The number of aromatic nitrogens is 2. The molecule has 0 spiro atoms. The van der Waals surface area contributed by atoms with Gasteiger partial charge in [0.05, 0.1) is 22.9 Å². The molecule has 0 fully saturated rings. The number of nitrogens with one attached hydrogen (secondary N) is 1. The number of benzene rings is 1. The van der Waals surface area contributed by atoms with Crippen LogP contribution in [0.3, 0.4) is 0 Å². The number of alkyl halides is 2. The van der Waals surface area contributed by atoms with Crippen molar-refractivity contribution >= 4 is 17.0 Å². The number of pyridine rings is 1. The van der Waals surface area contributed by atoms with Gasteiger partial charge in [-0.3, -0.25) is 4.79 Å². The number of nitrogens with zero attached hydrogens (tertiary/aromatic N) is 2. The van der Waals surface area contributed by atoms with Crippen LogP contribution in [0.2, 0.25) is 0 Å². The Kier molecular flexibility index (Phi) is 4.94. The number of ether oxygens (including phenoxy) is 1. The van der Waals surface area contributed by atoms with Crippen LogP contribution < -0.4 is 10.1 Å². The molecular weight excluding hydrogens is 384 g/mol. The standard InChI is InChI=1S/C20H15F2N3O4/c1-11-17-13(9-14(16-7-4-8-27-16)24-19(17)29-25-11)18(26)23-10-12-5-2-3-6-15(12)28-20(21)22/h2-9,20H,10H2,1H3,(H,23,26). The first-order valence-electron chi connectivity index (χ1n) is 8.64. The number of aryl methyl sites for hydroxylation is 1. The molecular formula is C20H15F2N3O4. The van der Waals surface area contributed by atoms with Gasteiger partial charge in [0.1, 0.15) is 11.4 Å². The summed E-state index contributed by atoms with van der Waals surface area (Å²) in [6.07, 6.45) is 1.49. The van der Waals surface area contributed by atoms with E-state index in [0.717, 1.165) is 0 Å². The molecule has 7 nitrogen and oxygen atoms in total. The van der Waals surface area contributed by atoms with Gasteiger partial charge in [-0.1, -0.05) is 23.4 Å². The molecule has 0 saturated heterocycles. The van der Waals surface area contributed by atoms with Gasteiger partial charge in [-0.2, -0.15) is 8.78 Å². The van der Waals surface area contributed by atoms with Gasteiger partial charge in [0.25, 0.3) is 11.6 Å². The molecule has 3 heterocycles. The van der Waals surface area contributed by atoms with E-state index in [1.165, 1.54) is 12.3 Å². The Bertz CT molecular complexity index is 1160. The Morgan fingerprint density at radius 3 is 2.83 bits per heavy atom. The molecule has 0 radical (unpaired) electrons. The summed E-state index contributed by atoms with van der Waals surface area (Å²) in [5.41, 5.74) is 1.81. The largest absolute Gasteiger partial charge is 0.463 e. The highest BCUT2D eigenvalue weighted by Crippen LogP contribution is 2.27. The monoisotopic (exact) mass is 399 g/mol. The van der Waals surface area contributed by atoms with E-state index >= 15 is 0 Å². The minimum atomic E-state index is -2.96. The number of rotatable bonds is 6. The first kappa shape index (κ1) is 18.6. The van der Waals surface area contributed by atoms with Crippen LogP contribution in [0.1, 0.15) is 21.6 Å². The van der Waals surface area contributed by atoms with E-state index in [2.05, 4.69) is 20.2 Å². The number of hydrogen-bond donors (Lipinski definition) is 1. The lowest BCUT2D eigenvalue weighted by Gasteiger charge is -2.12. The maximum Gasteiger partial charge on any atom is 0.387 e. The summed E-state index contributed by atoms with van der Waals surface area (Å²) in [5.74, 6) is 0.0224. The molecule has 1 amide bonds. The van der Waals surface area contributed by atoms with Gasteiger partial charge in [-0.05, 0) is 31.2 Å². The molecule has 0 aliphatic rings. The molecule has 0 saturated carbocycles. The van der Waals surface area contributed by atoms with Crippen LogP contribution in [-0.4, -0.2) is 22.7 Å². The van der Waals surface area contributed by atoms with Crippen molar-refractivity contribution in [2.45, 2.75) is 20.1 Å². The van der Waals surface area contributed by atoms with E-state index in [1.54, 1.807) is 43.3 Å². The summed E-state index contributed by atoms with van der Waals surface area (Å²) in [5, 5.41) is 7.06. The molecule has 1 aromatic carbocycles. The third-order valence-electron chi connectivity index (χ3n) is 4.26. The Morgan fingerprint density at radius 1 is 1.24 bits per heavy atom. The average Bonchev–Trinajstić information content (AvgIpc) is 3.36. The van der Waals surface area contributed by atoms with Gasteiger partial charge in [-0.15, -0.1) is 0 Å². The fourth-order valence-corrected chi connectivity index (χ4v) is 2.96. The van der Waals surface area contributed by atoms with Crippen molar-refractivity contribution in [3.63, 3.8) is 0 Å². The van der Waals surface area contributed by atoms with Crippen LogP contribution in [0.5, 0.6) is 5.75 Å². The molecule has 4 rings (SSSR count). The predicted molar refractivity (Wildman–Crippen MR) is 98.5 cm³/mol. The lowest BCUT2D eigenvalue weighted by Crippen LogP contribution is -2.24. The molecule has 29 heavy (non-hydrogen) atoms. The average molecular weight is 399 g/mol. The number of hydrogen-bond acceptors (Lipinski definition) is 6. The van der Waals surface area contributed by atoms with Crippen molar-refractivity contribution in [1.29, 1.82) is 0 Å². The molecule has 1 N–H and O–H groups in total. The second-order valence-electron chi connectivity index (χ2n) is 6.15. The van der Waals surface area contributed by atoms with Crippen LogP contribution in [0, 0.1) is 6.92 Å². The van der Waals surface area contributed by atoms with Crippen molar-refractivity contribution in [3.05, 3.63) is 65.5 Å². The molecule has 0 bridgehead atoms. The number of fused-ring (bicyclic) bond motifs is 1. The highest BCUT2D eigenvalue weighted by Gasteiger charge is 2.20. The number of furan rings is 1. The molecule has 0 atom stereocenters. The van der Waals surface area contributed by atoms with Crippen LogP contribution in [0.4, 0.5) is 8.78 Å². The smallest absolute Gasteiger partial charge is 0.387 e. The molecule has 3 aromatic heterocycles. The van der Waals surface area contributed by atoms with Gasteiger partial charge < -0.3 is 19.0 Å². The van der Waals surface area contributed by atoms with E-state index in [4.69, 9.17) is 8.94 Å². The van der Waals surface area contributed by atoms with E-state index in [-0.39, 0.29) is 23.6 Å². The van der Waals surface area contributed by atoms with Crippen LogP contribution in [-0.2, 0) is 6.54 Å². The zero-order valence-corrected chi connectivity index (χ0v) is 15.2. The van der Waals surface area contributed by atoms with Gasteiger partial charge in [0, 0.05) is 12.1 Å². The summed E-state index contributed by atoms with van der Waals surface area (Å²) in [7, 11) is 0. The zero-order chi connectivity index (χ0) is 20.4. The SMILES string of the molecule is Cc1noc2nc(-c3ccco3)cc(C(=O)NCc3ccccc3OC(F)F)c12. The summed E-state index contributed by atoms with van der Waals surface area (Å²) in [6.45, 7) is -1.27. The van der Waals surface area contributed by atoms with Crippen molar-refractivity contribution < 1.29 is 27.3 Å². The molecule has 0 unspecified atom stereocenters. The van der Waals surface area contributed by atoms with Crippen LogP contribution in [0.15, 0.2) is 57.7 Å². The highest BCUT2D eigenvalue weighted by atomic mass is 19.3. The van der Waals surface area contributed by atoms with Gasteiger partial charge in [0.15, 0.2) is 5.76 Å². The first-order valence-corrected chi connectivity index (χ1v) is 8.64. The third kappa shape index (κ3) is 3.79. The number of para-hydroxylation sites is 1. The fourth-order valence-electron chi connectivity index (χ4n) is 2.96. The van der Waals surface area contributed by atoms with Crippen molar-refractivity contribution in [3.8, 4) is 17.2 Å². The lowest BCUT2D eigenvalue weighted by atomic mass is 10.1. The minimum Gasteiger partial charge on any atom is -0.463 e. The van der Waals surface area contributed by atoms with E-state index < -0.39 is 12.5 Å². The number of halogens is 2. The van der Waals surface area contributed by atoms with Crippen LogP contribution >= 0.6 is 0 Å². The molecule has 0 aliphatic heterocycles. The molecule has 148 valence electrons. The predicted octanol–water partition coefficient (Wildman–Crippen LogP) is 4.32. The summed E-state index contributed by atoms with van der Waals surface area (Å²) in [4.78, 5) is 17.2. The number of carbonyl (C=O) groups excluding carboxylic acids is 1. The Balaban J connectivity index is 1.65. The normalized spacial score (nSPS) is 11.2. The minimum absolute atomic E-state index is 0.000100. The Morgan fingerprint density at radius 2 is 2.07 bits per heavy atom. The maximum absolute atomic E-state index is 12.9. The van der Waals surface area contributed by atoms with E-state index in [0.29, 0.717) is 28.1 Å². The zero-order valence-electron chi connectivity index (χ0n) is 15.2. The Labute approximate surface area is 163 Å². The number of amides is 1. The second-order valence-corrected chi connectivity index (χ2v) is 6.15. The van der Waals surface area contributed by atoms with Gasteiger partial charge in [0.2, 0.25) is 0 Å². The summed E-state index contributed by atoms with van der Waals surface area (Å²) < 4.78 is 40.2. The molecule has 4 aromatic rings. The van der Waals surface area contributed by atoms with Gasteiger partial charge >= 0.3 is 6.61 Å². The van der Waals surface area contributed by atoms with Crippen molar-refractivity contribution in [2.75, 3.05) is 0 Å². The fraction of sp³-hybridized carbons (Fsp3) is 0.150. The first-order chi connectivity index (χ1) is 14.0. The Hall–Kier alpha value is -3.75. The topological polar surface area (TPSA) is 90.4 Å². The lowest BCUT2D eigenvalue weighted by molar-refractivity contribution is -0.0504. The number of carbonyl (C=O) groups is 1. The molecule has 0 aliphatic carbocycles. The summed E-state index contributed by atoms with van der Waals surface area (Å²) >= 11 is 0. The van der Waals surface area contributed by atoms with Crippen molar-refractivity contribution in [2.24, 2.45) is 0 Å². The van der Waals surface area contributed by atoms with Gasteiger partial charge in [-0.25, -0.2) is 4.98 Å². The third-order valence-corrected chi connectivity index (χ3v) is 4.26.